The summed E-state index contributed by atoms with van der Waals surface area (Å²) in [5, 5.41) is 20.0. The summed E-state index contributed by atoms with van der Waals surface area (Å²) in [7, 11) is -4.43. The highest BCUT2D eigenvalue weighted by Gasteiger charge is 2.26. The number of rotatable bonds is 39. The minimum atomic E-state index is -4.43. The molecule has 12 heteroatoms. The first kappa shape index (κ1) is 54.4. The molecule has 0 bridgehead atoms. The van der Waals surface area contributed by atoms with Crippen LogP contribution in [0.25, 0.3) is 0 Å². The van der Waals surface area contributed by atoms with Gasteiger partial charge in [-0.05, 0) is 38.5 Å². The van der Waals surface area contributed by atoms with Gasteiger partial charge in [0.25, 0.3) is 0 Å². The Bertz CT molecular complexity index is 1200. The minimum absolute atomic E-state index is 0.0218. The van der Waals surface area contributed by atoms with Crippen LogP contribution in [-0.2, 0) is 32.7 Å². The van der Waals surface area contributed by atoms with Gasteiger partial charge in [-0.25, -0.2) is 4.57 Å². The fraction of sp³-hybridized carbons (Fsp3) is 0.689. The Labute approximate surface area is 345 Å². The number of carbonyl (C=O) groups is 2. The predicted octanol–water partition coefficient (Wildman–Crippen LogP) is 10.2. The molecule has 0 saturated heterocycles. The maximum atomic E-state index is 12.6. The molecule has 0 aliphatic rings. The van der Waals surface area contributed by atoms with Gasteiger partial charge >= 0.3 is 19.8 Å². The second kappa shape index (κ2) is 40.2. The first-order chi connectivity index (χ1) is 27.6. The molecule has 11 nitrogen and oxygen atoms in total. The largest absolute Gasteiger partial charge is 0.472 e. The molecule has 328 valence electrons. The van der Waals surface area contributed by atoms with Gasteiger partial charge in [-0.2, -0.15) is 0 Å². The Morgan fingerprint density at radius 2 is 1.23 bits per heavy atom. The highest BCUT2D eigenvalue weighted by molar-refractivity contribution is 7.47. The van der Waals surface area contributed by atoms with Crippen LogP contribution >= 0.6 is 7.82 Å². The van der Waals surface area contributed by atoms with Gasteiger partial charge in [0.2, 0.25) is 0 Å². The van der Waals surface area contributed by atoms with Gasteiger partial charge in [0, 0.05) is 19.4 Å². The van der Waals surface area contributed by atoms with Gasteiger partial charge in [-0.3, -0.25) is 18.6 Å². The van der Waals surface area contributed by atoms with E-state index in [9.17, 15) is 29.3 Å². The van der Waals surface area contributed by atoms with E-state index >= 15 is 0 Å². The van der Waals surface area contributed by atoms with Gasteiger partial charge in [0.05, 0.1) is 25.4 Å². The summed E-state index contributed by atoms with van der Waals surface area (Å²) in [6.45, 7) is 3.31. The molecule has 0 radical (unpaired) electrons. The van der Waals surface area contributed by atoms with E-state index in [4.69, 9.17) is 24.3 Å². The lowest BCUT2D eigenvalue weighted by Gasteiger charge is -2.19. The summed E-state index contributed by atoms with van der Waals surface area (Å²) in [4.78, 5) is 34.9. The van der Waals surface area contributed by atoms with E-state index in [1.165, 1.54) is 70.6 Å². The van der Waals surface area contributed by atoms with Crippen LogP contribution in [0.3, 0.4) is 0 Å². The number of phosphoric acid groups is 1. The van der Waals surface area contributed by atoms with Gasteiger partial charge in [-0.15, -0.1) is 0 Å². The molecule has 0 rings (SSSR count). The van der Waals surface area contributed by atoms with Crippen LogP contribution in [0.4, 0.5) is 0 Å². The SMILES string of the molecule is CC/C=C\C[C@@H](O)/C=C/C=C\C/C=C\C=C\[C@@H](O)/C=C\CCCC(=O)OC[C@H](COP(=O)(O)OCCN)OC(=O)CCCCCCCCCCCCCCCCC. The molecule has 0 spiro atoms. The minimum Gasteiger partial charge on any atom is -0.462 e. The fourth-order valence-electron chi connectivity index (χ4n) is 5.55. The first-order valence-corrected chi connectivity index (χ1v) is 23.1. The third-order valence-electron chi connectivity index (χ3n) is 8.78. The second-order valence-electron chi connectivity index (χ2n) is 14.2. The zero-order valence-electron chi connectivity index (χ0n) is 35.3. The number of unbranched alkanes of at least 4 members (excludes halogenated alkanes) is 15. The fourth-order valence-corrected chi connectivity index (χ4v) is 6.32. The zero-order chi connectivity index (χ0) is 42.1. The standard InChI is InChI=1S/C45H78NO10P/c1-3-5-7-8-9-10-11-12-13-14-15-16-20-23-29-36-45(50)56-43(40-55-57(51,52)54-38-37-46)39-53-44(49)35-30-24-28-34-42(48)33-27-22-19-17-18-21-26-32-41(47)31-25-6-4-2/h6,18-19,21-22,25-28,32-34,41-43,47-48H,3-5,7-17,20,23-24,29-31,35-40,46H2,1-2H3,(H,51,52)/b21-18-,22-19-,25-6-,32-26+,33-27+,34-28-/t41-,42-,43-/m1/s1. The molecule has 0 heterocycles. The summed E-state index contributed by atoms with van der Waals surface area (Å²) in [6.07, 6.45) is 41.5. The van der Waals surface area contributed by atoms with Crippen molar-refractivity contribution in [2.75, 3.05) is 26.4 Å². The first-order valence-electron chi connectivity index (χ1n) is 21.6. The van der Waals surface area contributed by atoms with Crippen molar-refractivity contribution in [2.24, 2.45) is 5.73 Å². The Morgan fingerprint density at radius 3 is 1.82 bits per heavy atom. The van der Waals surface area contributed by atoms with Gasteiger partial charge in [0.15, 0.2) is 6.10 Å². The van der Waals surface area contributed by atoms with Crippen molar-refractivity contribution in [1.29, 1.82) is 0 Å². The van der Waals surface area contributed by atoms with E-state index < -0.39 is 44.7 Å². The maximum absolute atomic E-state index is 12.6. The normalized spacial score (nSPS) is 15.1. The van der Waals surface area contributed by atoms with Crippen LogP contribution in [0.2, 0.25) is 0 Å². The van der Waals surface area contributed by atoms with Gasteiger partial charge < -0.3 is 30.3 Å². The van der Waals surface area contributed by atoms with Gasteiger partial charge in [-0.1, -0.05) is 177 Å². The van der Waals surface area contributed by atoms with Crippen LogP contribution < -0.4 is 5.73 Å². The molecule has 0 aromatic rings. The summed E-state index contributed by atoms with van der Waals surface area (Å²) in [5.74, 6) is -1.01. The highest BCUT2D eigenvalue weighted by atomic mass is 31.2. The molecule has 1 unspecified atom stereocenters. The zero-order valence-corrected chi connectivity index (χ0v) is 36.2. The average molecular weight is 824 g/mol. The van der Waals surface area contributed by atoms with Crippen molar-refractivity contribution in [2.45, 2.75) is 173 Å². The van der Waals surface area contributed by atoms with Crippen LogP contribution in [0.15, 0.2) is 72.9 Å². The molecule has 0 saturated carbocycles. The Hall–Kier alpha value is -2.63. The number of esters is 2. The predicted molar refractivity (Wildman–Crippen MR) is 231 cm³/mol. The summed E-state index contributed by atoms with van der Waals surface area (Å²) >= 11 is 0. The van der Waals surface area contributed by atoms with Crippen molar-refractivity contribution in [3.63, 3.8) is 0 Å². The Balaban J connectivity index is 4.41. The van der Waals surface area contributed by atoms with E-state index in [0.717, 1.165) is 25.7 Å². The number of aliphatic hydroxyl groups excluding tert-OH is 2. The van der Waals surface area contributed by atoms with E-state index in [0.29, 0.717) is 32.1 Å². The van der Waals surface area contributed by atoms with E-state index in [1.54, 1.807) is 30.4 Å². The highest BCUT2D eigenvalue weighted by Crippen LogP contribution is 2.43. The molecule has 0 aliphatic heterocycles. The molecular weight excluding hydrogens is 745 g/mol. The third kappa shape index (κ3) is 40.0. The topological polar surface area (TPSA) is 175 Å². The average Bonchev–Trinajstić information content (AvgIpc) is 3.18. The number of allylic oxidation sites excluding steroid dienone is 8. The lowest BCUT2D eigenvalue weighted by molar-refractivity contribution is -0.161. The smallest absolute Gasteiger partial charge is 0.462 e. The van der Waals surface area contributed by atoms with Crippen molar-refractivity contribution < 1.29 is 47.8 Å². The van der Waals surface area contributed by atoms with Crippen LogP contribution in [-0.4, -0.2) is 71.7 Å². The number of aliphatic hydroxyl groups is 2. The number of carbonyl (C=O) groups excluding carboxylic acids is 2. The second-order valence-corrected chi connectivity index (χ2v) is 15.7. The monoisotopic (exact) mass is 824 g/mol. The Morgan fingerprint density at radius 1 is 0.649 bits per heavy atom. The van der Waals surface area contributed by atoms with E-state index in [1.807, 2.05) is 42.5 Å². The Kier molecular flexibility index (Phi) is 38.3. The number of ether oxygens (including phenoxy) is 2. The molecule has 0 amide bonds. The summed E-state index contributed by atoms with van der Waals surface area (Å²) in [5.41, 5.74) is 5.33. The summed E-state index contributed by atoms with van der Waals surface area (Å²) < 4.78 is 32.6. The number of nitrogens with two attached hydrogens (primary N) is 1. The number of hydrogen-bond donors (Lipinski definition) is 4. The van der Waals surface area contributed by atoms with Crippen LogP contribution in [0.1, 0.15) is 155 Å². The molecular formula is C45H78NO10P. The van der Waals surface area contributed by atoms with E-state index in [-0.39, 0.29) is 32.6 Å². The molecule has 5 N–H and O–H groups in total. The van der Waals surface area contributed by atoms with Crippen molar-refractivity contribution in [1.82, 2.24) is 0 Å². The quantitative estimate of drug-likeness (QED) is 0.0153. The molecule has 0 fully saturated rings. The van der Waals surface area contributed by atoms with Crippen molar-refractivity contribution in [3.8, 4) is 0 Å². The summed E-state index contributed by atoms with van der Waals surface area (Å²) in [6, 6.07) is 0. The molecule has 0 aliphatic carbocycles. The van der Waals surface area contributed by atoms with Crippen LogP contribution in [0, 0.1) is 0 Å². The maximum Gasteiger partial charge on any atom is 0.472 e. The molecule has 4 atom stereocenters. The van der Waals surface area contributed by atoms with Crippen molar-refractivity contribution in [3.05, 3.63) is 72.9 Å². The molecule has 0 aromatic heterocycles. The molecule has 0 aromatic carbocycles. The number of phosphoric ester groups is 1. The van der Waals surface area contributed by atoms with Gasteiger partial charge in [0.1, 0.15) is 6.61 Å². The lowest BCUT2D eigenvalue weighted by atomic mass is 10.0. The van der Waals surface area contributed by atoms with E-state index in [2.05, 4.69) is 13.8 Å². The lowest BCUT2D eigenvalue weighted by Crippen LogP contribution is -2.29. The third-order valence-corrected chi connectivity index (χ3v) is 9.77. The molecule has 57 heavy (non-hydrogen) atoms. The number of hydrogen-bond acceptors (Lipinski definition) is 10. The van der Waals surface area contributed by atoms with Crippen LogP contribution in [0.5, 0.6) is 0 Å². The van der Waals surface area contributed by atoms with Crippen molar-refractivity contribution >= 4 is 19.8 Å².